The fourth-order valence-electron chi connectivity index (χ4n) is 4.59. The maximum Gasteiger partial charge on any atom is 0.123 e. The second kappa shape index (κ2) is 9.75. The van der Waals surface area contributed by atoms with Crippen LogP contribution in [0.15, 0.2) is 48.5 Å². The van der Waals surface area contributed by atoms with Crippen molar-refractivity contribution in [1.29, 1.82) is 0 Å². The first-order valence-electron chi connectivity index (χ1n) is 11.8. The summed E-state index contributed by atoms with van der Waals surface area (Å²) < 4.78 is 15.4. The van der Waals surface area contributed by atoms with E-state index in [9.17, 15) is 9.50 Å². The molecule has 0 fully saturated rings. The lowest BCUT2D eigenvalue weighted by Crippen LogP contribution is -2.46. The summed E-state index contributed by atoms with van der Waals surface area (Å²) >= 11 is 0. The lowest BCUT2D eigenvalue weighted by Gasteiger charge is -2.36. The van der Waals surface area contributed by atoms with E-state index in [2.05, 4.69) is 66.4 Å². The highest BCUT2D eigenvalue weighted by molar-refractivity contribution is 5.40. The molecule has 0 atom stereocenters. The summed E-state index contributed by atoms with van der Waals surface area (Å²) in [7, 11) is 0. The number of rotatable bonds is 8. The van der Waals surface area contributed by atoms with Gasteiger partial charge in [0.15, 0.2) is 0 Å². The molecule has 2 heterocycles. The summed E-state index contributed by atoms with van der Waals surface area (Å²) in [6.07, 6.45) is 0.910. The quantitative estimate of drug-likeness (QED) is 0.550. The van der Waals surface area contributed by atoms with Crippen LogP contribution in [0.3, 0.4) is 0 Å². The van der Waals surface area contributed by atoms with E-state index in [-0.39, 0.29) is 18.0 Å². The summed E-state index contributed by atoms with van der Waals surface area (Å²) in [5.74, 6) is -0.201. The normalized spacial score (nSPS) is 14.6. The molecule has 176 valence electrons. The Bertz CT molecular complexity index is 1070. The van der Waals surface area contributed by atoms with Crippen molar-refractivity contribution in [3.63, 3.8) is 0 Å². The van der Waals surface area contributed by atoms with E-state index >= 15 is 0 Å². The summed E-state index contributed by atoms with van der Waals surface area (Å²) in [5, 5.41) is 15.0. The van der Waals surface area contributed by atoms with Crippen LogP contribution >= 0.6 is 0 Å². The van der Waals surface area contributed by atoms with Gasteiger partial charge in [0.1, 0.15) is 5.82 Å². The van der Waals surface area contributed by atoms with E-state index < -0.39 is 0 Å². The Labute approximate surface area is 196 Å². The molecule has 33 heavy (non-hydrogen) atoms. The molecule has 4 rings (SSSR count). The van der Waals surface area contributed by atoms with Crippen LogP contribution in [0.25, 0.3) is 5.69 Å². The molecule has 1 aliphatic rings. The largest absolute Gasteiger partial charge is 0.394 e. The average Bonchev–Trinajstić information content (AvgIpc) is 3.17. The van der Waals surface area contributed by atoms with Crippen LogP contribution < -0.4 is 0 Å². The summed E-state index contributed by atoms with van der Waals surface area (Å²) in [6, 6.07) is 15.3. The molecule has 2 aromatic carbocycles. The predicted octanol–water partition coefficient (Wildman–Crippen LogP) is 4.47. The van der Waals surface area contributed by atoms with Gasteiger partial charge in [0, 0.05) is 43.7 Å². The molecular formula is C27H35FN4O. The first kappa shape index (κ1) is 23.6. The number of likely N-dealkylation sites (N-methyl/N-ethyl adjacent to an activating group) is 1. The standard InChI is InChI=1S/C27H35FN4O/c1-5-31(27(3,4)19-33)18-25-24-17-30(16-21-8-10-22(28)11-9-21)15-14-26(24)32(29-25)23-12-6-20(2)7-13-23/h6-13,33H,5,14-19H2,1-4H3. The summed E-state index contributed by atoms with van der Waals surface area (Å²) in [5.41, 5.74) is 6.71. The number of fused-ring (bicyclic) bond motifs is 1. The zero-order valence-electron chi connectivity index (χ0n) is 20.2. The topological polar surface area (TPSA) is 44.5 Å². The number of hydrogen-bond donors (Lipinski definition) is 1. The molecule has 1 N–H and O–H groups in total. The minimum atomic E-state index is -0.322. The number of aliphatic hydroxyl groups excluding tert-OH is 1. The first-order chi connectivity index (χ1) is 15.8. The number of hydrogen-bond acceptors (Lipinski definition) is 4. The van der Waals surface area contributed by atoms with Gasteiger partial charge in [-0.15, -0.1) is 0 Å². The lowest BCUT2D eigenvalue weighted by atomic mass is 10.0. The third-order valence-electron chi connectivity index (χ3n) is 6.78. The third-order valence-corrected chi connectivity index (χ3v) is 6.78. The highest BCUT2D eigenvalue weighted by atomic mass is 19.1. The maximum absolute atomic E-state index is 13.3. The lowest BCUT2D eigenvalue weighted by molar-refractivity contribution is 0.0537. The molecule has 0 saturated carbocycles. The molecule has 5 nitrogen and oxygen atoms in total. The van der Waals surface area contributed by atoms with Crippen LogP contribution in [0.2, 0.25) is 0 Å². The van der Waals surface area contributed by atoms with Crippen molar-refractivity contribution in [3.05, 3.63) is 82.4 Å². The van der Waals surface area contributed by atoms with E-state index in [0.717, 1.165) is 49.5 Å². The van der Waals surface area contributed by atoms with Gasteiger partial charge in [0.25, 0.3) is 0 Å². The number of aryl methyl sites for hydroxylation is 1. The van der Waals surface area contributed by atoms with Crippen molar-refractivity contribution in [3.8, 4) is 5.69 Å². The highest BCUT2D eigenvalue weighted by Gasteiger charge is 2.30. The number of aliphatic hydroxyl groups is 1. The van der Waals surface area contributed by atoms with Crippen molar-refractivity contribution in [2.24, 2.45) is 0 Å². The number of aromatic nitrogens is 2. The van der Waals surface area contributed by atoms with Crippen LogP contribution in [0.1, 0.15) is 48.8 Å². The number of nitrogens with zero attached hydrogens (tertiary/aromatic N) is 4. The van der Waals surface area contributed by atoms with Gasteiger partial charge in [0.05, 0.1) is 23.7 Å². The molecule has 0 unspecified atom stereocenters. The highest BCUT2D eigenvalue weighted by Crippen LogP contribution is 2.29. The van der Waals surface area contributed by atoms with Crippen molar-refractivity contribution in [2.75, 3.05) is 19.7 Å². The molecule has 1 aliphatic heterocycles. The zero-order valence-corrected chi connectivity index (χ0v) is 20.2. The third kappa shape index (κ3) is 5.18. The fourth-order valence-corrected chi connectivity index (χ4v) is 4.59. The zero-order chi connectivity index (χ0) is 23.6. The van der Waals surface area contributed by atoms with Gasteiger partial charge in [-0.25, -0.2) is 9.07 Å². The summed E-state index contributed by atoms with van der Waals surface area (Å²) in [4.78, 5) is 4.70. The molecular weight excluding hydrogens is 415 g/mol. The molecule has 1 aromatic heterocycles. The van der Waals surface area contributed by atoms with E-state index in [0.29, 0.717) is 6.54 Å². The molecule has 3 aromatic rings. The Morgan fingerprint density at radius 3 is 2.42 bits per heavy atom. The van der Waals surface area contributed by atoms with E-state index in [1.165, 1.54) is 29.0 Å². The molecule has 6 heteroatoms. The Morgan fingerprint density at radius 1 is 1.09 bits per heavy atom. The Balaban J connectivity index is 1.67. The van der Waals surface area contributed by atoms with E-state index in [1.807, 2.05) is 12.1 Å². The minimum Gasteiger partial charge on any atom is -0.394 e. The van der Waals surface area contributed by atoms with Crippen molar-refractivity contribution in [1.82, 2.24) is 19.6 Å². The Hall–Kier alpha value is -2.54. The van der Waals surface area contributed by atoms with Crippen LogP contribution in [-0.2, 0) is 26.1 Å². The van der Waals surface area contributed by atoms with Gasteiger partial charge in [-0.1, -0.05) is 36.8 Å². The van der Waals surface area contributed by atoms with Crippen molar-refractivity contribution < 1.29 is 9.50 Å². The molecule has 0 spiro atoms. The van der Waals surface area contributed by atoms with Gasteiger partial charge in [-0.3, -0.25) is 9.80 Å². The number of benzene rings is 2. The molecule has 0 aliphatic carbocycles. The van der Waals surface area contributed by atoms with Crippen molar-refractivity contribution in [2.45, 2.75) is 59.3 Å². The van der Waals surface area contributed by atoms with Gasteiger partial charge < -0.3 is 5.11 Å². The second-order valence-corrected chi connectivity index (χ2v) is 9.69. The van der Waals surface area contributed by atoms with Crippen LogP contribution in [0.4, 0.5) is 4.39 Å². The van der Waals surface area contributed by atoms with Crippen LogP contribution in [0.5, 0.6) is 0 Å². The molecule has 0 saturated heterocycles. The minimum absolute atomic E-state index is 0.0956. The van der Waals surface area contributed by atoms with Crippen LogP contribution in [-0.4, -0.2) is 49.9 Å². The molecule has 0 radical (unpaired) electrons. The fraction of sp³-hybridized carbons (Fsp3) is 0.444. The second-order valence-electron chi connectivity index (χ2n) is 9.69. The molecule has 0 bridgehead atoms. The van der Waals surface area contributed by atoms with Crippen LogP contribution in [0, 0.1) is 12.7 Å². The summed E-state index contributed by atoms with van der Waals surface area (Å²) in [6.45, 7) is 12.5. The van der Waals surface area contributed by atoms with E-state index in [4.69, 9.17) is 5.10 Å². The van der Waals surface area contributed by atoms with Gasteiger partial charge in [-0.05, 0) is 57.1 Å². The molecule has 0 amide bonds. The van der Waals surface area contributed by atoms with Crippen molar-refractivity contribution >= 4 is 0 Å². The van der Waals surface area contributed by atoms with Gasteiger partial charge >= 0.3 is 0 Å². The monoisotopic (exact) mass is 450 g/mol. The maximum atomic E-state index is 13.3. The Kier molecular flexibility index (Phi) is 6.98. The predicted molar refractivity (Wildman–Crippen MR) is 130 cm³/mol. The van der Waals surface area contributed by atoms with Gasteiger partial charge in [0.2, 0.25) is 0 Å². The van der Waals surface area contributed by atoms with Gasteiger partial charge in [-0.2, -0.15) is 5.10 Å². The smallest absolute Gasteiger partial charge is 0.123 e. The SMILES string of the molecule is CCN(Cc1nn(-c2ccc(C)cc2)c2c1CN(Cc1ccc(F)cc1)CC2)C(C)(C)CO. The average molecular weight is 451 g/mol. The van der Waals surface area contributed by atoms with E-state index in [1.54, 1.807) is 0 Å². The first-order valence-corrected chi connectivity index (χ1v) is 11.8. The Morgan fingerprint density at radius 2 is 1.79 bits per heavy atom. The number of halogens is 1.